The quantitative estimate of drug-likeness (QED) is 0.641. The van der Waals surface area contributed by atoms with E-state index in [1.54, 1.807) is 12.1 Å². The number of aromatic nitrogens is 3. The average molecular weight is 446 g/mol. The Morgan fingerprint density at radius 2 is 1.84 bits per heavy atom. The lowest BCUT2D eigenvalue weighted by Crippen LogP contribution is -2.51. The summed E-state index contributed by atoms with van der Waals surface area (Å²) >= 11 is 1.52. The first kappa shape index (κ1) is 21.4. The van der Waals surface area contributed by atoms with Crippen LogP contribution in [0.15, 0.2) is 24.3 Å². The third-order valence-electron chi connectivity index (χ3n) is 4.97. The maximum absolute atomic E-state index is 13.4. The summed E-state index contributed by atoms with van der Waals surface area (Å²) in [6.45, 7) is 11.5. The molecule has 2 aromatic heterocycles. The van der Waals surface area contributed by atoms with Crippen LogP contribution in [0.4, 0.5) is 20.1 Å². The Morgan fingerprint density at radius 1 is 1.16 bits per heavy atom. The van der Waals surface area contributed by atoms with Crippen LogP contribution in [0.2, 0.25) is 0 Å². The van der Waals surface area contributed by atoms with E-state index in [1.807, 2.05) is 16.3 Å². The molecule has 0 atom stereocenters. The van der Waals surface area contributed by atoms with Gasteiger partial charge in [0.05, 0.1) is 0 Å². The molecule has 1 fully saturated rings. The molecule has 0 spiro atoms. The van der Waals surface area contributed by atoms with Gasteiger partial charge in [-0.3, -0.25) is 0 Å². The van der Waals surface area contributed by atoms with Crippen molar-refractivity contribution in [2.24, 2.45) is 0 Å². The summed E-state index contributed by atoms with van der Waals surface area (Å²) in [5, 5.41) is 12.1. The zero-order valence-corrected chi connectivity index (χ0v) is 19.1. The molecule has 0 radical (unpaired) electrons. The molecule has 8 nitrogen and oxygen atoms in total. The van der Waals surface area contributed by atoms with Crippen molar-refractivity contribution in [1.82, 2.24) is 24.8 Å². The number of nitrogens with zero attached hydrogens (tertiary/aromatic N) is 5. The monoisotopic (exact) mass is 445 g/mol. The van der Waals surface area contributed by atoms with Gasteiger partial charge in [0.1, 0.15) is 11.5 Å². The second-order valence-electron chi connectivity index (χ2n) is 8.58. The molecule has 0 bridgehead atoms. The number of hydrogen-bond donors (Lipinski definition) is 2. The van der Waals surface area contributed by atoms with Crippen molar-refractivity contribution >= 4 is 33.3 Å². The van der Waals surface area contributed by atoms with Gasteiger partial charge >= 0.3 is 6.03 Å². The molecule has 2 N–H and O–H groups in total. The number of amides is 2. The van der Waals surface area contributed by atoms with Gasteiger partial charge < -0.3 is 20.4 Å². The second kappa shape index (κ2) is 8.33. The number of anilines is 2. The molecule has 0 saturated carbocycles. The van der Waals surface area contributed by atoms with E-state index < -0.39 is 0 Å². The van der Waals surface area contributed by atoms with Crippen LogP contribution in [0.1, 0.15) is 27.7 Å². The molecule has 0 unspecified atom stereocenters. The van der Waals surface area contributed by atoms with Gasteiger partial charge in [0, 0.05) is 43.8 Å². The molecule has 31 heavy (non-hydrogen) atoms. The highest BCUT2D eigenvalue weighted by atomic mass is 32.1. The SMILES string of the molecule is CCNC(=O)N1CCN(c2nn3c(NC(C)(C)C)c(-c4ccc(F)cc4)nc3s2)CC1. The van der Waals surface area contributed by atoms with Crippen LogP contribution < -0.4 is 15.5 Å². The predicted octanol–water partition coefficient (Wildman–Crippen LogP) is 3.66. The van der Waals surface area contributed by atoms with Gasteiger partial charge in [-0.1, -0.05) is 11.3 Å². The number of carbonyl (C=O) groups is 1. The van der Waals surface area contributed by atoms with Gasteiger partial charge in [0.25, 0.3) is 0 Å². The summed E-state index contributed by atoms with van der Waals surface area (Å²) in [6.07, 6.45) is 0. The fourth-order valence-corrected chi connectivity index (χ4v) is 4.46. The van der Waals surface area contributed by atoms with Crippen molar-refractivity contribution in [3.63, 3.8) is 0 Å². The Labute approximate surface area is 185 Å². The van der Waals surface area contributed by atoms with Gasteiger partial charge in [0.15, 0.2) is 5.82 Å². The predicted molar refractivity (Wildman–Crippen MR) is 122 cm³/mol. The number of piperazine rings is 1. The van der Waals surface area contributed by atoms with Crippen molar-refractivity contribution in [1.29, 1.82) is 0 Å². The number of imidazole rings is 1. The summed E-state index contributed by atoms with van der Waals surface area (Å²) < 4.78 is 15.2. The molecular formula is C21H28FN7OS. The minimum Gasteiger partial charge on any atom is -0.364 e. The topological polar surface area (TPSA) is 77.8 Å². The molecular weight excluding hydrogens is 417 g/mol. The number of halogens is 1. The summed E-state index contributed by atoms with van der Waals surface area (Å²) in [5.74, 6) is 0.514. The van der Waals surface area contributed by atoms with E-state index in [0.717, 1.165) is 40.3 Å². The van der Waals surface area contributed by atoms with Crippen LogP contribution in [0, 0.1) is 5.82 Å². The molecule has 0 aliphatic carbocycles. The first-order valence-electron chi connectivity index (χ1n) is 10.5. The largest absolute Gasteiger partial charge is 0.364 e. The van der Waals surface area contributed by atoms with Crippen LogP contribution in [-0.2, 0) is 0 Å². The lowest BCUT2D eigenvalue weighted by atomic mass is 10.1. The van der Waals surface area contributed by atoms with Gasteiger partial charge in [-0.25, -0.2) is 14.2 Å². The van der Waals surface area contributed by atoms with Crippen molar-refractivity contribution < 1.29 is 9.18 Å². The molecule has 2 amide bonds. The fourth-order valence-electron chi connectivity index (χ4n) is 3.51. The van der Waals surface area contributed by atoms with E-state index in [9.17, 15) is 9.18 Å². The van der Waals surface area contributed by atoms with Crippen LogP contribution in [0.5, 0.6) is 0 Å². The number of rotatable bonds is 4. The van der Waals surface area contributed by atoms with E-state index in [4.69, 9.17) is 10.1 Å². The molecule has 1 aliphatic heterocycles. The van der Waals surface area contributed by atoms with Crippen LogP contribution in [0.3, 0.4) is 0 Å². The fraction of sp³-hybridized carbons (Fsp3) is 0.476. The number of hydrogen-bond acceptors (Lipinski definition) is 6. The highest BCUT2D eigenvalue weighted by Crippen LogP contribution is 2.35. The Hall–Kier alpha value is -2.88. The molecule has 3 heterocycles. The molecule has 1 aliphatic rings. The zero-order valence-electron chi connectivity index (χ0n) is 18.3. The van der Waals surface area contributed by atoms with Gasteiger partial charge in [0.2, 0.25) is 10.1 Å². The van der Waals surface area contributed by atoms with Crippen molar-refractivity contribution in [2.75, 3.05) is 42.9 Å². The van der Waals surface area contributed by atoms with Crippen LogP contribution in [0.25, 0.3) is 16.2 Å². The number of nitrogens with one attached hydrogen (secondary N) is 2. The summed E-state index contributed by atoms with van der Waals surface area (Å²) in [5.41, 5.74) is 1.39. The Kier molecular flexibility index (Phi) is 5.74. The van der Waals surface area contributed by atoms with Crippen molar-refractivity contribution in [2.45, 2.75) is 33.2 Å². The lowest BCUT2D eigenvalue weighted by Gasteiger charge is -2.34. The summed E-state index contributed by atoms with van der Waals surface area (Å²) in [6, 6.07) is 6.33. The smallest absolute Gasteiger partial charge is 0.317 e. The first-order valence-corrected chi connectivity index (χ1v) is 11.3. The Morgan fingerprint density at radius 3 is 2.45 bits per heavy atom. The standard InChI is InChI=1S/C21H28FN7OS/c1-5-23-18(30)27-10-12-28(13-11-27)20-26-29-17(25-21(2,3)4)16(24-19(29)31-20)14-6-8-15(22)9-7-14/h6-9,25H,5,10-13H2,1-4H3,(H,23,30). The first-order chi connectivity index (χ1) is 14.7. The number of urea groups is 1. The highest BCUT2D eigenvalue weighted by molar-refractivity contribution is 7.20. The molecule has 1 aromatic carbocycles. The van der Waals surface area contributed by atoms with E-state index >= 15 is 0 Å². The second-order valence-corrected chi connectivity index (χ2v) is 9.51. The van der Waals surface area contributed by atoms with E-state index in [-0.39, 0.29) is 17.4 Å². The maximum Gasteiger partial charge on any atom is 0.317 e. The summed E-state index contributed by atoms with van der Waals surface area (Å²) in [4.78, 5) is 21.7. The maximum atomic E-state index is 13.4. The van der Waals surface area contributed by atoms with E-state index in [1.165, 1.54) is 23.5 Å². The number of carbonyl (C=O) groups excluding carboxylic acids is 1. The van der Waals surface area contributed by atoms with Crippen molar-refractivity contribution in [3.8, 4) is 11.3 Å². The normalized spacial score (nSPS) is 14.9. The molecule has 1 saturated heterocycles. The van der Waals surface area contributed by atoms with Gasteiger partial charge in [-0.15, -0.1) is 5.10 Å². The Bertz CT molecular complexity index is 1060. The van der Waals surface area contributed by atoms with E-state index in [2.05, 4.69) is 36.3 Å². The molecule has 10 heteroatoms. The van der Waals surface area contributed by atoms with Crippen LogP contribution >= 0.6 is 11.3 Å². The molecule has 4 rings (SSSR count). The third-order valence-corrected chi connectivity index (χ3v) is 5.94. The van der Waals surface area contributed by atoms with Gasteiger partial charge in [-0.2, -0.15) is 4.52 Å². The van der Waals surface area contributed by atoms with E-state index in [0.29, 0.717) is 19.6 Å². The Balaban J connectivity index is 1.62. The minimum absolute atomic E-state index is 0.0169. The minimum atomic E-state index is -0.276. The summed E-state index contributed by atoms with van der Waals surface area (Å²) in [7, 11) is 0. The molecule has 3 aromatic rings. The average Bonchev–Trinajstić information content (AvgIpc) is 3.27. The van der Waals surface area contributed by atoms with Gasteiger partial charge in [-0.05, 0) is 52.0 Å². The number of fused-ring (bicyclic) bond motifs is 1. The zero-order chi connectivity index (χ0) is 22.2. The lowest BCUT2D eigenvalue weighted by molar-refractivity contribution is 0.195. The number of benzene rings is 1. The highest BCUT2D eigenvalue weighted by Gasteiger charge is 2.26. The van der Waals surface area contributed by atoms with Crippen LogP contribution in [-0.4, -0.2) is 63.8 Å². The third kappa shape index (κ3) is 4.58. The molecule has 166 valence electrons. The van der Waals surface area contributed by atoms with Crippen molar-refractivity contribution in [3.05, 3.63) is 30.1 Å².